The van der Waals surface area contributed by atoms with E-state index < -0.39 is 6.03 Å². The number of primary amides is 1. The number of amides is 3. The van der Waals surface area contributed by atoms with E-state index >= 15 is 0 Å². The maximum atomic E-state index is 11.8. The first-order valence-electron chi connectivity index (χ1n) is 6.71. The molecule has 0 fully saturated rings. The van der Waals surface area contributed by atoms with Crippen LogP contribution >= 0.6 is 0 Å². The van der Waals surface area contributed by atoms with Crippen molar-refractivity contribution >= 4 is 23.3 Å². The summed E-state index contributed by atoms with van der Waals surface area (Å²) < 4.78 is 5.35. The third kappa shape index (κ3) is 5.26. The minimum Gasteiger partial charge on any atom is -0.367 e. The quantitative estimate of drug-likeness (QED) is 0.764. The fraction of sp³-hybridized carbons (Fsp3) is 0.125. The molecular weight excluding hydrogens is 282 g/mol. The summed E-state index contributed by atoms with van der Waals surface area (Å²) in [6.45, 7) is 0.319. The Bertz CT molecular complexity index is 644. The number of nitrogens with one attached hydrogen (secondary N) is 2. The Balaban J connectivity index is 1.80. The molecule has 0 heterocycles. The molecule has 3 amide bonds. The second-order valence-corrected chi connectivity index (χ2v) is 4.60. The predicted octanol–water partition coefficient (Wildman–Crippen LogP) is 2.33. The van der Waals surface area contributed by atoms with Gasteiger partial charge in [-0.2, -0.15) is 0 Å². The molecule has 114 valence electrons. The summed E-state index contributed by atoms with van der Waals surface area (Å²) in [5.41, 5.74) is 7.11. The number of hydrogen-bond acceptors (Lipinski definition) is 3. The van der Waals surface area contributed by atoms with E-state index in [0.717, 1.165) is 5.56 Å². The number of ether oxygens (including phenoxy) is 1. The fourth-order valence-corrected chi connectivity index (χ4v) is 1.85. The molecule has 4 N–H and O–H groups in total. The Kier molecular flexibility index (Phi) is 5.50. The van der Waals surface area contributed by atoms with Crippen molar-refractivity contribution in [1.82, 2.24) is 0 Å². The molecule has 2 aromatic carbocycles. The number of hydrogen-bond donors (Lipinski definition) is 3. The van der Waals surface area contributed by atoms with Crippen LogP contribution in [0.4, 0.5) is 16.2 Å². The summed E-state index contributed by atoms with van der Waals surface area (Å²) in [5.74, 6) is -0.271. The maximum absolute atomic E-state index is 11.8. The number of urea groups is 1. The molecule has 2 aromatic rings. The van der Waals surface area contributed by atoms with Crippen molar-refractivity contribution in [2.24, 2.45) is 5.73 Å². The van der Waals surface area contributed by atoms with Gasteiger partial charge in [0, 0.05) is 11.4 Å². The number of benzene rings is 2. The highest BCUT2D eigenvalue weighted by Crippen LogP contribution is 2.14. The Hall–Kier alpha value is -2.86. The number of nitrogens with two attached hydrogens (primary N) is 1. The van der Waals surface area contributed by atoms with E-state index in [9.17, 15) is 9.59 Å². The lowest BCUT2D eigenvalue weighted by molar-refractivity contribution is -0.121. The van der Waals surface area contributed by atoms with Crippen molar-refractivity contribution in [3.63, 3.8) is 0 Å². The molecule has 0 spiro atoms. The molecule has 0 bridgehead atoms. The smallest absolute Gasteiger partial charge is 0.316 e. The lowest BCUT2D eigenvalue weighted by Crippen LogP contribution is -2.20. The Labute approximate surface area is 128 Å². The van der Waals surface area contributed by atoms with Crippen LogP contribution in [0.2, 0.25) is 0 Å². The molecule has 0 atom stereocenters. The molecule has 0 unspecified atom stereocenters. The first-order valence-corrected chi connectivity index (χ1v) is 6.71. The topological polar surface area (TPSA) is 93.5 Å². The van der Waals surface area contributed by atoms with E-state index in [0.29, 0.717) is 18.0 Å². The van der Waals surface area contributed by atoms with Crippen LogP contribution in [0.5, 0.6) is 0 Å². The Morgan fingerprint density at radius 3 is 2.32 bits per heavy atom. The predicted molar refractivity (Wildman–Crippen MR) is 84.4 cm³/mol. The largest absolute Gasteiger partial charge is 0.367 e. The van der Waals surface area contributed by atoms with Gasteiger partial charge in [-0.15, -0.1) is 0 Å². The first kappa shape index (κ1) is 15.5. The van der Waals surface area contributed by atoms with Gasteiger partial charge in [-0.25, -0.2) is 4.79 Å². The van der Waals surface area contributed by atoms with Gasteiger partial charge < -0.3 is 21.1 Å². The van der Waals surface area contributed by atoms with Gasteiger partial charge in [-0.05, 0) is 23.8 Å². The molecule has 0 aliphatic carbocycles. The number of carbonyl (C=O) groups is 2. The molecule has 22 heavy (non-hydrogen) atoms. The third-order valence-corrected chi connectivity index (χ3v) is 2.76. The highest BCUT2D eigenvalue weighted by atomic mass is 16.5. The lowest BCUT2D eigenvalue weighted by Gasteiger charge is -2.08. The van der Waals surface area contributed by atoms with Gasteiger partial charge in [0.05, 0.1) is 6.61 Å². The minimum atomic E-state index is -0.658. The van der Waals surface area contributed by atoms with Gasteiger partial charge in [0.2, 0.25) is 5.91 Å². The van der Waals surface area contributed by atoms with Crippen molar-refractivity contribution in [3.05, 3.63) is 60.2 Å². The number of carbonyl (C=O) groups excluding carboxylic acids is 2. The van der Waals surface area contributed by atoms with Gasteiger partial charge in [-0.3, -0.25) is 4.79 Å². The van der Waals surface area contributed by atoms with Gasteiger partial charge in [0.1, 0.15) is 6.61 Å². The molecule has 0 aromatic heterocycles. The number of anilines is 2. The summed E-state index contributed by atoms with van der Waals surface area (Å²) >= 11 is 0. The van der Waals surface area contributed by atoms with E-state index in [1.165, 1.54) is 0 Å². The van der Waals surface area contributed by atoms with E-state index in [4.69, 9.17) is 10.5 Å². The van der Waals surface area contributed by atoms with Crippen LogP contribution in [-0.2, 0) is 16.1 Å². The average molecular weight is 299 g/mol. The molecule has 0 aliphatic heterocycles. The molecular formula is C16H17N3O3. The molecule has 6 nitrogen and oxygen atoms in total. The highest BCUT2D eigenvalue weighted by Gasteiger charge is 2.04. The van der Waals surface area contributed by atoms with Crippen LogP contribution in [0, 0.1) is 0 Å². The fourth-order valence-electron chi connectivity index (χ4n) is 1.85. The molecule has 6 heteroatoms. The first-order chi connectivity index (χ1) is 10.6. The molecule has 0 aliphatic rings. The molecule has 0 radical (unpaired) electrons. The van der Waals surface area contributed by atoms with E-state index in [2.05, 4.69) is 10.6 Å². The highest BCUT2D eigenvalue weighted by molar-refractivity contribution is 5.93. The van der Waals surface area contributed by atoms with Gasteiger partial charge in [-0.1, -0.05) is 36.4 Å². The zero-order valence-corrected chi connectivity index (χ0v) is 11.9. The van der Waals surface area contributed by atoms with Crippen molar-refractivity contribution in [1.29, 1.82) is 0 Å². The van der Waals surface area contributed by atoms with Crippen LogP contribution in [0.25, 0.3) is 0 Å². The van der Waals surface area contributed by atoms with E-state index in [-0.39, 0.29) is 12.5 Å². The van der Waals surface area contributed by atoms with Crippen LogP contribution in [0.15, 0.2) is 54.6 Å². The summed E-state index contributed by atoms with van der Waals surface area (Å²) in [4.78, 5) is 22.6. The molecule has 0 saturated carbocycles. The van der Waals surface area contributed by atoms with Crippen molar-refractivity contribution in [3.8, 4) is 0 Å². The monoisotopic (exact) mass is 299 g/mol. The van der Waals surface area contributed by atoms with E-state index in [1.807, 2.05) is 30.3 Å². The molecule has 0 saturated heterocycles. The van der Waals surface area contributed by atoms with Gasteiger partial charge in [0.15, 0.2) is 0 Å². The van der Waals surface area contributed by atoms with Gasteiger partial charge in [0.25, 0.3) is 0 Å². The Morgan fingerprint density at radius 1 is 0.955 bits per heavy atom. The maximum Gasteiger partial charge on any atom is 0.316 e. The second kappa shape index (κ2) is 7.80. The molecule has 2 rings (SSSR count). The SMILES string of the molecule is NC(=O)Nc1cccc(NC(=O)COCc2ccccc2)c1. The lowest BCUT2D eigenvalue weighted by atomic mass is 10.2. The van der Waals surface area contributed by atoms with Crippen LogP contribution in [0.1, 0.15) is 5.56 Å². The van der Waals surface area contributed by atoms with Crippen LogP contribution < -0.4 is 16.4 Å². The second-order valence-electron chi connectivity index (χ2n) is 4.60. The third-order valence-electron chi connectivity index (χ3n) is 2.76. The standard InChI is InChI=1S/C16H17N3O3/c17-16(21)19-14-8-4-7-13(9-14)18-15(20)11-22-10-12-5-2-1-3-6-12/h1-9H,10-11H2,(H,18,20)(H3,17,19,21). The van der Waals surface area contributed by atoms with Crippen molar-refractivity contribution in [2.45, 2.75) is 6.61 Å². The summed E-state index contributed by atoms with van der Waals surface area (Å²) in [5, 5.41) is 5.13. The normalized spacial score (nSPS) is 10.0. The zero-order valence-electron chi connectivity index (χ0n) is 11.9. The van der Waals surface area contributed by atoms with Crippen LogP contribution in [0.3, 0.4) is 0 Å². The Morgan fingerprint density at radius 2 is 1.64 bits per heavy atom. The average Bonchev–Trinajstić information content (AvgIpc) is 2.48. The summed E-state index contributed by atoms with van der Waals surface area (Å²) in [6, 6.07) is 15.6. The van der Waals surface area contributed by atoms with Crippen molar-refractivity contribution < 1.29 is 14.3 Å². The van der Waals surface area contributed by atoms with E-state index in [1.54, 1.807) is 24.3 Å². The van der Waals surface area contributed by atoms with Gasteiger partial charge >= 0.3 is 6.03 Å². The van der Waals surface area contributed by atoms with Crippen molar-refractivity contribution in [2.75, 3.05) is 17.2 Å². The minimum absolute atomic E-state index is 0.0532. The zero-order chi connectivity index (χ0) is 15.8. The summed E-state index contributed by atoms with van der Waals surface area (Å²) in [6.07, 6.45) is 0. The van der Waals surface area contributed by atoms with Crippen LogP contribution in [-0.4, -0.2) is 18.5 Å². The number of rotatable bonds is 6. The summed E-state index contributed by atoms with van der Waals surface area (Å²) in [7, 11) is 0.